The minimum atomic E-state index is -1.82. The third-order valence-electron chi connectivity index (χ3n) is 11.8. The number of rotatable bonds is 18. The summed E-state index contributed by atoms with van der Waals surface area (Å²) in [5, 5.41) is 14.8. The van der Waals surface area contributed by atoms with E-state index in [0.717, 1.165) is 61.4 Å². The van der Waals surface area contributed by atoms with Crippen molar-refractivity contribution >= 4 is 23.9 Å². The Labute approximate surface area is 397 Å². The molecular formula is C50H64N2O16. The van der Waals surface area contributed by atoms with Crippen molar-refractivity contribution in [2.45, 2.75) is 50.6 Å². The molecule has 2 unspecified atom stereocenters. The molecule has 0 aliphatic carbocycles. The number of aliphatic carboxylic acids is 2. The first-order valence-corrected chi connectivity index (χ1v) is 21.7. The van der Waals surface area contributed by atoms with Gasteiger partial charge in [-0.3, -0.25) is 19.4 Å². The Bertz CT molecular complexity index is 2170. The molecule has 0 fully saturated rings. The zero-order valence-corrected chi connectivity index (χ0v) is 40.5. The van der Waals surface area contributed by atoms with Crippen molar-refractivity contribution in [2.75, 3.05) is 97.3 Å². The summed E-state index contributed by atoms with van der Waals surface area (Å²) in [5.74, 6) is 1.60. The number of fused-ring (bicyclic) bond motifs is 2. The minimum absolute atomic E-state index is 0.0753. The van der Waals surface area contributed by atoms with Crippen LogP contribution < -0.4 is 37.9 Å². The summed E-state index contributed by atoms with van der Waals surface area (Å²) in [6, 6.07) is 20.4. The first kappa shape index (κ1) is 53.7. The Morgan fingerprint density at radius 3 is 1.06 bits per heavy atom. The van der Waals surface area contributed by atoms with Crippen molar-refractivity contribution < 1.29 is 76.8 Å². The number of esters is 2. The van der Waals surface area contributed by atoms with Crippen molar-refractivity contribution in [2.24, 2.45) is 0 Å². The maximum Gasteiger partial charge on any atom is 0.414 e. The predicted octanol–water partition coefficient (Wildman–Crippen LogP) is 6.01. The van der Waals surface area contributed by atoms with Crippen LogP contribution >= 0.6 is 0 Å². The molecule has 6 rings (SSSR count). The van der Waals surface area contributed by atoms with Crippen LogP contribution in [0.2, 0.25) is 0 Å². The maximum atomic E-state index is 11.8. The Morgan fingerprint density at radius 2 is 0.765 bits per heavy atom. The van der Waals surface area contributed by atoms with E-state index in [0.29, 0.717) is 60.4 Å². The van der Waals surface area contributed by atoms with E-state index in [1.165, 1.54) is 36.5 Å². The highest BCUT2D eigenvalue weighted by atomic mass is 16.5. The highest BCUT2D eigenvalue weighted by Crippen LogP contribution is 2.42. The molecule has 0 saturated carbocycles. The summed E-state index contributed by atoms with van der Waals surface area (Å²) in [4.78, 5) is 46.4. The van der Waals surface area contributed by atoms with Crippen molar-refractivity contribution in [3.05, 3.63) is 94.0 Å². The molecule has 0 bridgehead atoms. The second-order valence-electron chi connectivity index (χ2n) is 15.5. The molecule has 2 heterocycles. The quantitative estimate of drug-likeness (QED) is 0.0865. The van der Waals surface area contributed by atoms with Gasteiger partial charge in [-0.05, 0) is 108 Å². The minimum Gasteiger partial charge on any atom is -0.493 e. The first-order chi connectivity index (χ1) is 32.7. The molecule has 4 aromatic rings. The summed E-state index contributed by atoms with van der Waals surface area (Å²) in [6.45, 7) is 2.94. The lowest BCUT2D eigenvalue weighted by Crippen LogP contribution is -2.38. The van der Waals surface area contributed by atoms with Gasteiger partial charge in [0.2, 0.25) is 0 Å². The molecule has 0 saturated heterocycles. The average Bonchev–Trinajstić information content (AvgIpc) is 3.36. The van der Waals surface area contributed by atoms with Crippen molar-refractivity contribution in [3.8, 4) is 46.0 Å². The van der Waals surface area contributed by atoms with E-state index >= 15 is 0 Å². The normalized spacial score (nSPS) is 15.0. The molecule has 2 aliphatic rings. The predicted molar refractivity (Wildman–Crippen MR) is 250 cm³/mol. The lowest BCUT2D eigenvalue weighted by atomic mass is 9.88. The van der Waals surface area contributed by atoms with Crippen LogP contribution in [0.25, 0.3) is 0 Å². The maximum absolute atomic E-state index is 11.8. The second-order valence-corrected chi connectivity index (χ2v) is 15.5. The van der Waals surface area contributed by atoms with Gasteiger partial charge in [0, 0.05) is 38.3 Å². The molecule has 4 aromatic carbocycles. The van der Waals surface area contributed by atoms with Gasteiger partial charge in [-0.15, -0.1) is 0 Å². The Balaban J connectivity index is 0.000000265. The van der Waals surface area contributed by atoms with Crippen LogP contribution in [0.1, 0.15) is 58.3 Å². The fourth-order valence-corrected chi connectivity index (χ4v) is 8.31. The van der Waals surface area contributed by atoms with Gasteiger partial charge in [-0.1, -0.05) is 12.1 Å². The van der Waals surface area contributed by atoms with Crippen LogP contribution in [-0.4, -0.2) is 141 Å². The lowest BCUT2D eigenvalue weighted by Gasteiger charge is -2.38. The molecule has 2 N–H and O–H groups in total. The van der Waals surface area contributed by atoms with Crippen molar-refractivity contribution in [3.63, 3.8) is 0 Å². The SMILES string of the molecule is COC(=O)CCN1CCc2cc(OC)c(OC)cc2C1Cc1ccc(OC)c(OC)c1.COC(=O)CCN1CCc2cc(OC)c(OC)cc2C1Cc1ccc(OC)c(OC)c1.O=C(O)C(=O)O. The Morgan fingerprint density at radius 1 is 0.456 bits per heavy atom. The summed E-state index contributed by atoms with van der Waals surface area (Å²) < 4.78 is 53.6. The number of carbonyl (C=O) groups is 4. The van der Waals surface area contributed by atoms with E-state index in [2.05, 4.69) is 46.2 Å². The van der Waals surface area contributed by atoms with E-state index in [4.69, 9.17) is 67.2 Å². The lowest BCUT2D eigenvalue weighted by molar-refractivity contribution is -0.159. The van der Waals surface area contributed by atoms with E-state index in [1.54, 1.807) is 56.9 Å². The Hall–Kier alpha value is -6.92. The smallest absolute Gasteiger partial charge is 0.414 e. The van der Waals surface area contributed by atoms with Crippen LogP contribution in [0.3, 0.4) is 0 Å². The molecule has 0 aromatic heterocycles. The zero-order valence-electron chi connectivity index (χ0n) is 40.5. The largest absolute Gasteiger partial charge is 0.493 e. The number of carboxylic acids is 2. The van der Waals surface area contributed by atoms with Gasteiger partial charge in [0.15, 0.2) is 46.0 Å². The first-order valence-electron chi connectivity index (χ1n) is 21.7. The number of methoxy groups -OCH3 is 10. The zero-order chi connectivity index (χ0) is 49.9. The van der Waals surface area contributed by atoms with Crippen molar-refractivity contribution in [1.82, 2.24) is 9.80 Å². The molecule has 0 spiro atoms. The number of benzene rings is 4. The van der Waals surface area contributed by atoms with Crippen LogP contribution in [0, 0.1) is 0 Å². The number of carbonyl (C=O) groups excluding carboxylic acids is 2. The van der Waals surface area contributed by atoms with E-state index in [-0.39, 0.29) is 24.0 Å². The molecule has 68 heavy (non-hydrogen) atoms. The number of nitrogens with zero attached hydrogens (tertiary/aromatic N) is 2. The number of hydrogen-bond donors (Lipinski definition) is 2. The monoisotopic (exact) mass is 948 g/mol. The molecule has 2 atom stereocenters. The van der Waals surface area contributed by atoms with Crippen molar-refractivity contribution in [1.29, 1.82) is 0 Å². The number of ether oxygens (including phenoxy) is 10. The third-order valence-corrected chi connectivity index (χ3v) is 11.8. The Kier molecular flexibility index (Phi) is 20.9. The second kappa shape index (κ2) is 26.4. The van der Waals surface area contributed by atoms with Gasteiger partial charge in [-0.25, -0.2) is 9.59 Å². The van der Waals surface area contributed by atoms with Gasteiger partial charge in [0.25, 0.3) is 0 Å². The molecule has 18 nitrogen and oxygen atoms in total. The van der Waals surface area contributed by atoms with Gasteiger partial charge in [-0.2, -0.15) is 0 Å². The molecule has 18 heteroatoms. The highest BCUT2D eigenvalue weighted by Gasteiger charge is 2.32. The summed E-state index contributed by atoms with van der Waals surface area (Å²) >= 11 is 0. The standard InChI is InChI=1S/2C24H31NO6.C2H2O4/c2*1-27-20-7-6-16(13-21(20)28-2)12-19-18-15-23(30-4)22(29-3)14-17(18)8-10-25(19)11-9-24(26)31-5;3-1(4)2(5)6/h2*6-7,13-15,19H,8-12H2,1-5H3;(H,3,4)(H,5,6). The number of carboxylic acid groups (broad SMARTS) is 2. The highest BCUT2D eigenvalue weighted by molar-refractivity contribution is 6.27. The van der Waals surface area contributed by atoms with Crippen LogP contribution in [0.4, 0.5) is 0 Å². The van der Waals surface area contributed by atoms with E-state index in [1.807, 2.05) is 24.3 Å². The third kappa shape index (κ3) is 14.1. The van der Waals surface area contributed by atoms with Gasteiger partial charge < -0.3 is 57.6 Å². The fourth-order valence-electron chi connectivity index (χ4n) is 8.31. The van der Waals surface area contributed by atoms with Crippen LogP contribution in [0.5, 0.6) is 46.0 Å². The fraction of sp³-hybridized carbons (Fsp3) is 0.440. The van der Waals surface area contributed by atoms with Gasteiger partial charge in [0.1, 0.15) is 0 Å². The molecule has 0 radical (unpaired) electrons. The van der Waals surface area contributed by atoms with Gasteiger partial charge >= 0.3 is 23.9 Å². The van der Waals surface area contributed by atoms with Crippen LogP contribution in [-0.2, 0) is 54.3 Å². The topological polar surface area (TPSA) is 208 Å². The van der Waals surface area contributed by atoms with Gasteiger partial charge in [0.05, 0.1) is 83.9 Å². The summed E-state index contributed by atoms with van der Waals surface area (Å²) in [6.07, 6.45) is 3.95. The van der Waals surface area contributed by atoms with E-state index < -0.39 is 11.9 Å². The average molecular weight is 949 g/mol. The van der Waals surface area contributed by atoms with E-state index in [9.17, 15) is 9.59 Å². The summed E-state index contributed by atoms with van der Waals surface area (Å²) in [5.41, 5.74) is 7.07. The molecule has 2 aliphatic heterocycles. The molecule has 0 amide bonds. The molecular weight excluding hydrogens is 885 g/mol. The summed E-state index contributed by atoms with van der Waals surface area (Å²) in [7, 11) is 16.0. The molecule has 370 valence electrons. The van der Waals surface area contributed by atoms with Crippen LogP contribution in [0.15, 0.2) is 60.7 Å². The number of hydrogen-bond acceptors (Lipinski definition) is 16.